The lowest BCUT2D eigenvalue weighted by atomic mass is 9.91. The van der Waals surface area contributed by atoms with E-state index in [0.29, 0.717) is 6.42 Å². The predicted octanol–water partition coefficient (Wildman–Crippen LogP) is 2.25. The summed E-state index contributed by atoms with van der Waals surface area (Å²) >= 11 is 0. The Morgan fingerprint density at radius 1 is 1.52 bits per heavy atom. The Morgan fingerprint density at radius 3 is 3.13 bits per heavy atom. The van der Waals surface area contributed by atoms with Crippen LogP contribution in [0.1, 0.15) is 29.0 Å². The maximum absolute atomic E-state index is 13.4. The number of likely N-dealkylation sites (N-methyl/N-ethyl adjacent to an activating group) is 1. The molecule has 23 heavy (non-hydrogen) atoms. The first-order valence-corrected chi connectivity index (χ1v) is 7.77. The minimum Gasteiger partial charge on any atom is -0.438 e. The van der Waals surface area contributed by atoms with Gasteiger partial charge in [0, 0.05) is 12.1 Å². The lowest BCUT2D eigenvalue weighted by Gasteiger charge is -2.39. The monoisotopic (exact) mass is 317 g/mol. The van der Waals surface area contributed by atoms with Crippen molar-refractivity contribution in [2.75, 3.05) is 13.6 Å². The van der Waals surface area contributed by atoms with Crippen LogP contribution in [0.2, 0.25) is 0 Å². The molecule has 1 amide bonds. The lowest BCUT2D eigenvalue weighted by molar-refractivity contribution is 0.0825. The first-order valence-electron chi connectivity index (χ1n) is 7.77. The van der Waals surface area contributed by atoms with Crippen LogP contribution in [0.5, 0.6) is 0 Å². The molecule has 1 aliphatic rings. The maximum Gasteiger partial charge on any atom is 0.288 e. The van der Waals surface area contributed by atoms with Crippen molar-refractivity contribution < 1.29 is 13.6 Å². The third-order valence-corrected chi connectivity index (χ3v) is 4.36. The maximum atomic E-state index is 13.4. The van der Waals surface area contributed by atoms with Crippen molar-refractivity contribution in [3.8, 4) is 0 Å². The molecule has 0 spiro atoms. The molecule has 0 aliphatic carbocycles. The zero-order valence-electron chi connectivity index (χ0n) is 13.0. The fraction of sp³-hybridized carbons (Fsp3) is 0.412. The third kappa shape index (κ3) is 3.76. The Hall–Kier alpha value is -2.21. The number of amides is 1. The van der Waals surface area contributed by atoms with Gasteiger partial charge < -0.3 is 14.6 Å². The largest absolute Gasteiger partial charge is 0.438 e. The summed E-state index contributed by atoms with van der Waals surface area (Å²) in [4.78, 5) is 18.2. The van der Waals surface area contributed by atoms with Crippen molar-refractivity contribution in [1.29, 1.82) is 0 Å². The number of nitrogens with one attached hydrogen (secondary N) is 1. The van der Waals surface area contributed by atoms with Gasteiger partial charge in [-0.05, 0) is 50.6 Å². The lowest BCUT2D eigenvalue weighted by Crippen LogP contribution is -2.54. The van der Waals surface area contributed by atoms with Crippen LogP contribution in [0.3, 0.4) is 0 Å². The van der Waals surface area contributed by atoms with Gasteiger partial charge in [-0.2, -0.15) is 0 Å². The van der Waals surface area contributed by atoms with E-state index in [-0.39, 0.29) is 29.6 Å². The van der Waals surface area contributed by atoms with Crippen LogP contribution in [0, 0.1) is 5.82 Å². The van der Waals surface area contributed by atoms with Crippen LogP contribution in [0.25, 0.3) is 0 Å². The summed E-state index contributed by atoms with van der Waals surface area (Å²) in [6.07, 6.45) is 5.24. The Bertz CT molecular complexity index is 660. The predicted molar refractivity (Wildman–Crippen MR) is 83.5 cm³/mol. The number of hydrogen-bond acceptors (Lipinski definition) is 4. The van der Waals surface area contributed by atoms with Gasteiger partial charge in [-0.25, -0.2) is 9.37 Å². The van der Waals surface area contributed by atoms with Crippen LogP contribution < -0.4 is 5.32 Å². The zero-order valence-corrected chi connectivity index (χ0v) is 13.0. The molecule has 3 rings (SSSR count). The van der Waals surface area contributed by atoms with E-state index in [1.165, 1.54) is 18.7 Å². The van der Waals surface area contributed by atoms with E-state index in [2.05, 4.69) is 15.2 Å². The average molecular weight is 317 g/mol. The molecule has 6 heteroatoms. The summed E-state index contributed by atoms with van der Waals surface area (Å²) in [6.45, 7) is 0.967. The minimum absolute atomic E-state index is 0.00498. The average Bonchev–Trinajstić information content (AvgIpc) is 3.05. The first-order chi connectivity index (χ1) is 11.1. The smallest absolute Gasteiger partial charge is 0.288 e. The molecular formula is C17H20FN3O2. The third-order valence-electron chi connectivity index (χ3n) is 4.36. The molecule has 1 aliphatic heterocycles. The van der Waals surface area contributed by atoms with Crippen molar-refractivity contribution in [3.05, 3.63) is 54.0 Å². The van der Waals surface area contributed by atoms with Gasteiger partial charge in [-0.1, -0.05) is 12.1 Å². The molecule has 2 heterocycles. The number of rotatable bonds is 4. The summed E-state index contributed by atoms with van der Waals surface area (Å²) in [7, 11) is 2.04. The number of aromatic nitrogens is 1. The van der Waals surface area contributed by atoms with E-state index in [0.717, 1.165) is 24.9 Å². The second-order valence-electron chi connectivity index (χ2n) is 5.97. The standard InChI is InChI=1S/C17H20FN3O2/c1-21-7-3-6-14(20-17(22)16-10-19-11-23-16)15(21)9-12-4-2-5-13(18)8-12/h2,4-5,8,10-11,14-15H,3,6-7,9H2,1H3,(H,20,22)/t14-,15-/m0/s1. The van der Waals surface area contributed by atoms with Gasteiger partial charge in [0.2, 0.25) is 5.76 Å². The number of hydrogen-bond donors (Lipinski definition) is 1. The summed E-state index contributed by atoms with van der Waals surface area (Å²) in [5, 5.41) is 3.03. The van der Waals surface area contributed by atoms with Crippen LogP contribution in [0.4, 0.5) is 4.39 Å². The van der Waals surface area contributed by atoms with E-state index in [4.69, 9.17) is 4.42 Å². The SMILES string of the molecule is CN1CCC[C@H](NC(=O)c2cnco2)[C@@H]1Cc1cccc(F)c1. The summed E-state index contributed by atoms with van der Waals surface area (Å²) < 4.78 is 18.5. The number of piperidine rings is 1. The Kier molecular flexibility index (Phi) is 4.71. The van der Waals surface area contributed by atoms with Crippen LogP contribution in [0.15, 0.2) is 41.3 Å². The van der Waals surface area contributed by atoms with Crippen LogP contribution in [-0.4, -0.2) is 41.5 Å². The number of oxazole rings is 1. The minimum atomic E-state index is -0.257. The number of halogens is 1. The summed E-state index contributed by atoms with van der Waals surface area (Å²) in [5.41, 5.74) is 0.933. The van der Waals surface area contributed by atoms with Crippen LogP contribution >= 0.6 is 0 Å². The topological polar surface area (TPSA) is 58.4 Å². The normalized spacial score (nSPS) is 22.0. The zero-order chi connectivity index (χ0) is 16.2. The Labute approximate surface area is 134 Å². The highest BCUT2D eigenvalue weighted by Gasteiger charge is 2.31. The molecule has 1 aromatic heterocycles. The summed E-state index contributed by atoms with van der Waals surface area (Å²) in [6, 6.07) is 6.75. The van der Waals surface area contributed by atoms with Gasteiger partial charge in [0.1, 0.15) is 5.82 Å². The molecule has 0 bridgehead atoms. The molecule has 2 atom stereocenters. The van der Waals surface area contributed by atoms with Gasteiger partial charge >= 0.3 is 0 Å². The van der Waals surface area contributed by atoms with E-state index in [1.807, 2.05) is 13.1 Å². The molecule has 122 valence electrons. The highest BCUT2D eigenvalue weighted by molar-refractivity contribution is 5.91. The van der Waals surface area contributed by atoms with Gasteiger partial charge in [-0.15, -0.1) is 0 Å². The number of carbonyl (C=O) groups is 1. The van der Waals surface area contributed by atoms with E-state index >= 15 is 0 Å². The number of benzene rings is 1. The van der Waals surface area contributed by atoms with Crippen molar-refractivity contribution in [3.63, 3.8) is 0 Å². The van der Waals surface area contributed by atoms with Crippen molar-refractivity contribution >= 4 is 5.91 Å². The second kappa shape index (κ2) is 6.91. The molecule has 5 nitrogen and oxygen atoms in total. The van der Waals surface area contributed by atoms with Gasteiger partial charge in [0.25, 0.3) is 5.91 Å². The Balaban J connectivity index is 1.73. The molecule has 1 fully saturated rings. The first kappa shape index (κ1) is 15.7. The molecule has 1 N–H and O–H groups in total. The van der Waals surface area contributed by atoms with Crippen molar-refractivity contribution in [2.24, 2.45) is 0 Å². The van der Waals surface area contributed by atoms with E-state index < -0.39 is 0 Å². The van der Waals surface area contributed by atoms with Crippen molar-refractivity contribution in [1.82, 2.24) is 15.2 Å². The van der Waals surface area contributed by atoms with Gasteiger partial charge in [-0.3, -0.25) is 4.79 Å². The molecule has 0 radical (unpaired) electrons. The molecule has 0 unspecified atom stereocenters. The highest BCUT2D eigenvalue weighted by atomic mass is 19.1. The molecule has 1 saturated heterocycles. The van der Waals surface area contributed by atoms with E-state index in [1.54, 1.807) is 12.1 Å². The quantitative estimate of drug-likeness (QED) is 0.939. The molecule has 0 saturated carbocycles. The van der Waals surface area contributed by atoms with E-state index in [9.17, 15) is 9.18 Å². The van der Waals surface area contributed by atoms with Gasteiger partial charge in [0.15, 0.2) is 6.39 Å². The molecule has 1 aromatic carbocycles. The number of carbonyl (C=O) groups excluding carboxylic acids is 1. The molecule has 2 aromatic rings. The van der Waals surface area contributed by atoms with Crippen molar-refractivity contribution in [2.45, 2.75) is 31.3 Å². The molecular weight excluding hydrogens is 297 g/mol. The Morgan fingerprint density at radius 2 is 2.39 bits per heavy atom. The fourth-order valence-electron chi connectivity index (χ4n) is 3.17. The van der Waals surface area contributed by atoms with Crippen LogP contribution in [-0.2, 0) is 6.42 Å². The number of likely N-dealkylation sites (tertiary alicyclic amines) is 1. The number of nitrogens with zero attached hydrogens (tertiary/aromatic N) is 2. The fourth-order valence-corrected chi connectivity index (χ4v) is 3.17. The summed E-state index contributed by atoms with van der Waals surface area (Å²) in [5.74, 6) is -0.280. The highest BCUT2D eigenvalue weighted by Crippen LogP contribution is 2.21. The van der Waals surface area contributed by atoms with Gasteiger partial charge in [0.05, 0.1) is 6.20 Å². The second-order valence-corrected chi connectivity index (χ2v) is 5.97.